The number of hydrogen-bond donors (Lipinski definition) is 1. The van der Waals surface area contributed by atoms with Gasteiger partial charge in [0.25, 0.3) is 5.95 Å². The first-order valence-electron chi connectivity index (χ1n) is 4.44. The fourth-order valence-electron chi connectivity index (χ4n) is 0.604. The van der Waals surface area contributed by atoms with E-state index in [9.17, 15) is 14.7 Å². The van der Waals surface area contributed by atoms with Gasteiger partial charge in [0.05, 0.1) is 6.61 Å². The highest BCUT2D eigenvalue weighted by atomic mass is 16.6. The van der Waals surface area contributed by atoms with Gasteiger partial charge in [-0.15, -0.1) is 0 Å². The Labute approximate surface area is 88.0 Å². The van der Waals surface area contributed by atoms with E-state index in [1.807, 2.05) is 6.92 Å². The van der Waals surface area contributed by atoms with Gasteiger partial charge < -0.3 is 14.6 Å². The van der Waals surface area contributed by atoms with Gasteiger partial charge in [-0.05, 0) is 13.3 Å². The number of ether oxygens (including phenoxy) is 2. The summed E-state index contributed by atoms with van der Waals surface area (Å²) in [4.78, 5) is 21.8. The highest BCUT2D eigenvalue weighted by Gasteiger charge is 2.15. The maximum absolute atomic E-state index is 11.1. The summed E-state index contributed by atoms with van der Waals surface area (Å²) in [5.74, 6) is -2.35. The van der Waals surface area contributed by atoms with Gasteiger partial charge in [0.15, 0.2) is 0 Å². The van der Waals surface area contributed by atoms with E-state index in [0.717, 1.165) is 6.08 Å². The molecule has 0 spiro atoms. The predicted molar refractivity (Wildman–Crippen MR) is 52.9 cm³/mol. The van der Waals surface area contributed by atoms with Crippen LogP contribution in [0.25, 0.3) is 0 Å². The minimum atomic E-state index is -0.950. The second-order valence-corrected chi connectivity index (χ2v) is 2.69. The quantitative estimate of drug-likeness (QED) is 0.324. The molecule has 0 rings (SSSR count). The van der Waals surface area contributed by atoms with E-state index >= 15 is 0 Å². The fraction of sp³-hybridized carbons (Fsp3) is 0.400. The van der Waals surface area contributed by atoms with E-state index in [0.29, 0.717) is 6.42 Å². The van der Waals surface area contributed by atoms with E-state index in [2.05, 4.69) is 11.3 Å². The minimum absolute atomic E-state index is 0.154. The maximum Gasteiger partial charge on any atom is 0.348 e. The first-order valence-corrected chi connectivity index (χ1v) is 4.44. The van der Waals surface area contributed by atoms with Crippen molar-refractivity contribution in [3.05, 3.63) is 24.2 Å². The number of aliphatic hydroxyl groups is 1. The summed E-state index contributed by atoms with van der Waals surface area (Å²) in [6.07, 6.45) is 1.55. The lowest BCUT2D eigenvalue weighted by Gasteiger charge is -2.05. The average molecular weight is 214 g/mol. The molecule has 0 saturated carbocycles. The van der Waals surface area contributed by atoms with Gasteiger partial charge in [-0.3, -0.25) is 0 Å². The zero-order valence-electron chi connectivity index (χ0n) is 8.78. The lowest BCUT2D eigenvalue weighted by molar-refractivity contribution is -0.153. The van der Waals surface area contributed by atoms with Crippen molar-refractivity contribution in [3.8, 4) is 0 Å². The van der Waals surface area contributed by atoms with Crippen LogP contribution in [-0.2, 0) is 19.1 Å². The molecule has 0 aromatic carbocycles. The van der Waals surface area contributed by atoms with E-state index in [1.54, 1.807) is 0 Å². The van der Waals surface area contributed by atoms with Crippen LogP contribution >= 0.6 is 0 Å². The van der Waals surface area contributed by atoms with Gasteiger partial charge in [0.1, 0.15) is 5.57 Å². The second kappa shape index (κ2) is 6.64. The van der Waals surface area contributed by atoms with Crippen LogP contribution in [0.15, 0.2) is 24.2 Å². The largest absolute Gasteiger partial charge is 0.481 e. The Morgan fingerprint density at radius 1 is 1.47 bits per heavy atom. The summed E-state index contributed by atoms with van der Waals surface area (Å²) in [6.45, 7) is 6.56. The molecule has 0 atom stereocenters. The molecule has 0 aliphatic heterocycles. The Kier molecular flexibility index (Phi) is 5.85. The predicted octanol–water partition coefficient (Wildman–Crippen LogP) is 1.46. The molecule has 84 valence electrons. The van der Waals surface area contributed by atoms with Crippen LogP contribution in [0, 0.1) is 0 Å². The van der Waals surface area contributed by atoms with Gasteiger partial charge in [-0.25, -0.2) is 9.59 Å². The maximum atomic E-state index is 11.1. The van der Waals surface area contributed by atoms with E-state index < -0.39 is 17.9 Å². The molecule has 0 fully saturated rings. The fourth-order valence-corrected chi connectivity index (χ4v) is 0.604. The lowest BCUT2D eigenvalue weighted by Crippen LogP contribution is -2.13. The Bertz CT molecular complexity index is 290. The molecule has 0 aliphatic rings. The average Bonchev–Trinajstić information content (AvgIpc) is 2.24. The third-order valence-electron chi connectivity index (χ3n) is 1.43. The van der Waals surface area contributed by atoms with Crippen molar-refractivity contribution in [1.82, 2.24) is 0 Å². The lowest BCUT2D eigenvalue weighted by atomic mass is 10.3. The molecule has 5 nitrogen and oxygen atoms in total. The molecule has 0 radical (unpaired) electrons. The molecule has 15 heavy (non-hydrogen) atoms. The first kappa shape index (κ1) is 13.2. The molecule has 0 heterocycles. The van der Waals surface area contributed by atoms with Gasteiger partial charge in [0.2, 0.25) is 0 Å². The molecular formula is C10H14O5. The monoisotopic (exact) mass is 214 g/mol. The van der Waals surface area contributed by atoms with Gasteiger partial charge in [-0.2, -0.15) is 0 Å². The summed E-state index contributed by atoms with van der Waals surface area (Å²) in [5.41, 5.74) is -0.154. The molecule has 0 aromatic heterocycles. The van der Waals surface area contributed by atoms with Crippen molar-refractivity contribution in [3.63, 3.8) is 0 Å². The van der Waals surface area contributed by atoms with Crippen molar-refractivity contribution in [2.24, 2.45) is 0 Å². The zero-order chi connectivity index (χ0) is 11.8. The highest BCUT2D eigenvalue weighted by molar-refractivity contribution is 5.98. The van der Waals surface area contributed by atoms with Crippen molar-refractivity contribution in [1.29, 1.82) is 0 Å². The van der Waals surface area contributed by atoms with Crippen LogP contribution in [0.2, 0.25) is 0 Å². The summed E-state index contributed by atoms with van der Waals surface area (Å²) < 4.78 is 9.06. The second-order valence-electron chi connectivity index (χ2n) is 2.69. The van der Waals surface area contributed by atoms with Gasteiger partial charge in [0, 0.05) is 6.08 Å². The van der Waals surface area contributed by atoms with Crippen LogP contribution < -0.4 is 0 Å². The van der Waals surface area contributed by atoms with Crippen molar-refractivity contribution >= 4 is 11.9 Å². The normalized spacial score (nSPS) is 11.3. The molecule has 0 saturated heterocycles. The Morgan fingerprint density at radius 3 is 2.53 bits per heavy atom. The summed E-state index contributed by atoms with van der Waals surface area (Å²) >= 11 is 0. The van der Waals surface area contributed by atoms with Crippen LogP contribution in [-0.4, -0.2) is 23.7 Å². The first-order chi connectivity index (χ1) is 7.02. The van der Waals surface area contributed by atoms with E-state index in [4.69, 9.17) is 4.74 Å². The topological polar surface area (TPSA) is 72.8 Å². The molecule has 0 unspecified atom stereocenters. The molecule has 0 amide bonds. The number of carbonyl (C=O) groups excluding carboxylic acids is 2. The van der Waals surface area contributed by atoms with Gasteiger partial charge >= 0.3 is 11.9 Å². The van der Waals surface area contributed by atoms with Crippen LogP contribution in [0.3, 0.4) is 0 Å². The van der Waals surface area contributed by atoms with Crippen molar-refractivity contribution < 1.29 is 24.2 Å². The number of esters is 2. The molecule has 1 N–H and O–H groups in total. The summed E-state index contributed by atoms with van der Waals surface area (Å²) in [6, 6.07) is 0. The zero-order valence-corrected chi connectivity index (χ0v) is 8.78. The van der Waals surface area contributed by atoms with Crippen LogP contribution in [0.5, 0.6) is 0 Å². The summed E-state index contributed by atoms with van der Waals surface area (Å²) in [5, 5.41) is 9.22. The number of aliphatic hydroxyl groups excluding tert-OH is 1. The molecule has 5 heteroatoms. The smallest absolute Gasteiger partial charge is 0.348 e. The van der Waals surface area contributed by atoms with Gasteiger partial charge in [-0.1, -0.05) is 13.5 Å². The van der Waals surface area contributed by atoms with Crippen molar-refractivity contribution in [2.45, 2.75) is 20.3 Å². The van der Waals surface area contributed by atoms with E-state index in [-0.39, 0.29) is 12.2 Å². The van der Waals surface area contributed by atoms with Crippen LogP contribution in [0.4, 0.5) is 0 Å². The van der Waals surface area contributed by atoms with E-state index in [1.165, 1.54) is 6.92 Å². The Balaban J connectivity index is 4.40. The molecular weight excluding hydrogens is 200 g/mol. The molecule has 0 aliphatic carbocycles. The number of rotatable bonds is 5. The standard InChI is InChI=1S/C10H14O5/c1-4-6-14-9(12)7(3)10(13)15-8(11)5-2/h5,12H,2,4,6H2,1,3H3. The Morgan fingerprint density at radius 2 is 2.07 bits per heavy atom. The number of carbonyl (C=O) groups is 2. The SMILES string of the molecule is C=CC(=O)OC(=O)C(C)=C(O)OCCC. The minimum Gasteiger partial charge on any atom is -0.481 e. The van der Waals surface area contributed by atoms with Crippen LogP contribution in [0.1, 0.15) is 20.3 Å². The third-order valence-corrected chi connectivity index (χ3v) is 1.43. The summed E-state index contributed by atoms with van der Waals surface area (Å²) in [7, 11) is 0. The molecule has 0 aromatic rings. The third kappa shape index (κ3) is 4.85. The molecule has 0 bridgehead atoms. The number of hydrogen-bond acceptors (Lipinski definition) is 5. The van der Waals surface area contributed by atoms with Crippen molar-refractivity contribution in [2.75, 3.05) is 6.61 Å². The highest BCUT2D eigenvalue weighted by Crippen LogP contribution is 2.05. The Hall–Kier alpha value is -1.78.